The van der Waals surface area contributed by atoms with Crippen molar-refractivity contribution < 1.29 is 4.79 Å². The normalized spacial score (nSPS) is 17.3. The van der Waals surface area contributed by atoms with E-state index in [1.165, 1.54) is 36.1 Å². The standard InChI is InChI=1S/C17H21N3OS2/c21-16(15-9-12-5-1-2-6-14(12)23-15)18-10-13-11-22-17(19-13)20-7-3-4-8-20/h9,11H,1-8,10H2,(H,18,21). The summed E-state index contributed by atoms with van der Waals surface area (Å²) in [4.78, 5) is 21.6. The number of aryl methyl sites for hydroxylation is 2. The molecule has 2 aliphatic rings. The molecule has 23 heavy (non-hydrogen) atoms. The first-order valence-corrected chi connectivity index (χ1v) is 10.1. The van der Waals surface area contributed by atoms with Crippen LogP contribution in [0.3, 0.4) is 0 Å². The molecule has 6 heteroatoms. The van der Waals surface area contributed by atoms with Gasteiger partial charge < -0.3 is 10.2 Å². The lowest BCUT2D eigenvalue weighted by Crippen LogP contribution is -2.22. The SMILES string of the molecule is O=C(NCc1csc(N2CCCC2)n1)c1cc2c(s1)CCCC2. The van der Waals surface area contributed by atoms with Gasteiger partial charge in [0.15, 0.2) is 5.13 Å². The first kappa shape index (κ1) is 15.1. The molecule has 3 heterocycles. The maximum Gasteiger partial charge on any atom is 0.261 e. The number of hydrogen-bond acceptors (Lipinski definition) is 5. The zero-order valence-electron chi connectivity index (χ0n) is 13.1. The lowest BCUT2D eigenvalue weighted by molar-refractivity contribution is 0.0954. The summed E-state index contributed by atoms with van der Waals surface area (Å²) in [5, 5.41) is 6.18. The fraction of sp³-hybridized carbons (Fsp3) is 0.529. The van der Waals surface area contributed by atoms with Gasteiger partial charge in [0.25, 0.3) is 5.91 Å². The molecule has 0 bridgehead atoms. The molecule has 0 radical (unpaired) electrons. The second-order valence-corrected chi connectivity index (χ2v) is 8.24. The van der Waals surface area contributed by atoms with Gasteiger partial charge in [0.2, 0.25) is 0 Å². The van der Waals surface area contributed by atoms with E-state index in [9.17, 15) is 4.79 Å². The van der Waals surface area contributed by atoms with Crippen LogP contribution in [0.15, 0.2) is 11.4 Å². The molecule has 0 unspecified atom stereocenters. The molecule has 1 N–H and O–H groups in total. The molecule has 1 aliphatic heterocycles. The molecule has 0 spiro atoms. The second-order valence-electron chi connectivity index (χ2n) is 6.26. The van der Waals surface area contributed by atoms with E-state index in [0.717, 1.165) is 41.6 Å². The lowest BCUT2D eigenvalue weighted by Gasteiger charge is -2.12. The van der Waals surface area contributed by atoms with E-state index in [1.54, 1.807) is 22.7 Å². The number of carbonyl (C=O) groups is 1. The molecule has 2 aromatic heterocycles. The highest BCUT2D eigenvalue weighted by Gasteiger charge is 2.18. The number of nitrogens with one attached hydrogen (secondary N) is 1. The van der Waals surface area contributed by atoms with E-state index in [2.05, 4.69) is 26.6 Å². The maximum atomic E-state index is 12.4. The van der Waals surface area contributed by atoms with E-state index in [1.807, 2.05) is 0 Å². The molecule has 0 aromatic carbocycles. The van der Waals surface area contributed by atoms with E-state index < -0.39 is 0 Å². The monoisotopic (exact) mass is 347 g/mol. The number of carbonyl (C=O) groups excluding carboxylic acids is 1. The Labute approximate surface area is 144 Å². The van der Waals surface area contributed by atoms with Crippen LogP contribution < -0.4 is 10.2 Å². The molecular formula is C17H21N3OS2. The number of thiazole rings is 1. The number of anilines is 1. The molecule has 0 atom stereocenters. The van der Waals surface area contributed by atoms with Crippen molar-refractivity contribution in [3.8, 4) is 0 Å². The zero-order chi connectivity index (χ0) is 15.6. The summed E-state index contributed by atoms with van der Waals surface area (Å²) < 4.78 is 0. The quantitative estimate of drug-likeness (QED) is 0.919. The lowest BCUT2D eigenvalue weighted by atomic mass is 9.99. The van der Waals surface area contributed by atoms with Gasteiger partial charge in [-0.1, -0.05) is 0 Å². The van der Waals surface area contributed by atoms with Gasteiger partial charge in [0.1, 0.15) is 0 Å². The van der Waals surface area contributed by atoms with Crippen molar-refractivity contribution in [2.24, 2.45) is 0 Å². The molecule has 1 aliphatic carbocycles. The van der Waals surface area contributed by atoms with Gasteiger partial charge in [-0.3, -0.25) is 4.79 Å². The minimum absolute atomic E-state index is 0.0418. The van der Waals surface area contributed by atoms with Crippen LogP contribution >= 0.6 is 22.7 Å². The molecule has 0 saturated carbocycles. The van der Waals surface area contributed by atoms with E-state index in [0.29, 0.717) is 6.54 Å². The molecule has 2 aromatic rings. The number of aromatic nitrogens is 1. The second kappa shape index (κ2) is 6.61. The third-order valence-electron chi connectivity index (χ3n) is 4.57. The van der Waals surface area contributed by atoms with Crippen LogP contribution in [-0.2, 0) is 19.4 Å². The fourth-order valence-corrected chi connectivity index (χ4v) is 5.34. The predicted molar refractivity (Wildman–Crippen MR) is 95.7 cm³/mol. The van der Waals surface area contributed by atoms with E-state index >= 15 is 0 Å². The largest absolute Gasteiger partial charge is 0.348 e. The average Bonchev–Trinajstić information content (AvgIpc) is 3.31. The molecular weight excluding hydrogens is 326 g/mol. The van der Waals surface area contributed by atoms with Crippen molar-refractivity contribution in [2.45, 2.75) is 45.1 Å². The van der Waals surface area contributed by atoms with Gasteiger partial charge in [-0.2, -0.15) is 0 Å². The summed E-state index contributed by atoms with van der Waals surface area (Å²) in [7, 11) is 0. The Kier molecular flexibility index (Phi) is 4.35. The number of hydrogen-bond donors (Lipinski definition) is 1. The first-order valence-electron chi connectivity index (χ1n) is 8.39. The minimum atomic E-state index is 0.0418. The maximum absolute atomic E-state index is 12.4. The summed E-state index contributed by atoms with van der Waals surface area (Å²) in [5.74, 6) is 0.0418. The van der Waals surface area contributed by atoms with Gasteiger partial charge in [0, 0.05) is 23.3 Å². The smallest absolute Gasteiger partial charge is 0.261 e. The Morgan fingerprint density at radius 1 is 1.22 bits per heavy atom. The summed E-state index contributed by atoms with van der Waals surface area (Å²) in [6.07, 6.45) is 7.29. The molecule has 4 rings (SSSR count). The Morgan fingerprint density at radius 3 is 2.87 bits per heavy atom. The van der Waals surface area contributed by atoms with E-state index in [-0.39, 0.29) is 5.91 Å². The third-order valence-corrected chi connectivity index (χ3v) is 6.75. The van der Waals surface area contributed by atoms with Gasteiger partial charge in [0.05, 0.1) is 17.1 Å². The van der Waals surface area contributed by atoms with Gasteiger partial charge in [-0.05, 0) is 50.2 Å². The van der Waals surface area contributed by atoms with Crippen LogP contribution in [0.25, 0.3) is 0 Å². The van der Waals surface area contributed by atoms with Gasteiger partial charge >= 0.3 is 0 Å². The molecule has 122 valence electrons. The van der Waals surface area contributed by atoms with Crippen molar-refractivity contribution >= 4 is 33.7 Å². The first-order chi connectivity index (χ1) is 11.3. The zero-order valence-corrected chi connectivity index (χ0v) is 14.8. The van der Waals surface area contributed by atoms with Gasteiger partial charge in [-0.15, -0.1) is 22.7 Å². The number of fused-ring (bicyclic) bond motifs is 1. The topological polar surface area (TPSA) is 45.2 Å². The van der Waals surface area contributed by atoms with E-state index in [4.69, 9.17) is 0 Å². The van der Waals surface area contributed by atoms with Crippen LogP contribution in [0.1, 0.15) is 51.5 Å². The van der Waals surface area contributed by atoms with Crippen molar-refractivity contribution in [1.82, 2.24) is 10.3 Å². The fourth-order valence-electron chi connectivity index (χ4n) is 3.29. The number of amides is 1. The minimum Gasteiger partial charge on any atom is -0.348 e. The summed E-state index contributed by atoms with van der Waals surface area (Å²) >= 11 is 3.35. The Balaban J connectivity index is 1.36. The highest BCUT2D eigenvalue weighted by Crippen LogP contribution is 2.29. The Bertz CT molecular complexity index is 677. The molecule has 4 nitrogen and oxygen atoms in total. The molecule has 1 fully saturated rings. The highest BCUT2D eigenvalue weighted by molar-refractivity contribution is 7.14. The Hall–Kier alpha value is -1.40. The van der Waals surface area contributed by atoms with Crippen molar-refractivity contribution in [2.75, 3.05) is 18.0 Å². The molecule has 1 saturated heterocycles. The highest BCUT2D eigenvalue weighted by atomic mass is 32.1. The molecule has 1 amide bonds. The number of thiophene rings is 1. The van der Waals surface area contributed by atoms with Crippen LogP contribution in [-0.4, -0.2) is 24.0 Å². The summed E-state index contributed by atoms with van der Waals surface area (Å²) in [6.45, 7) is 2.74. The number of nitrogens with zero attached hydrogens (tertiary/aromatic N) is 2. The van der Waals surface area contributed by atoms with Crippen LogP contribution in [0.2, 0.25) is 0 Å². The number of rotatable bonds is 4. The van der Waals surface area contributed by atoms with Gasteiger partial charge in [-0.25, -0.2) is 4.98 Å². The van der Waals surface area contributed by atoms with Crippen molar-refractivity contribution in [3.63, 3.8) is 0 Å². The van der Waals surface area contributed by atoms with Crippen LogP contribution in [0.5, 0.6) is 0 Å². The third kappa shape index (κ3) is 3.28. The van der Waals surface area contributed by atoms with Crippen LogP contribution in [0, 0.1) is 0 Å². The van der Waals surface area contributed by atoms with Crippen molar-refractivity contribution in [1.29, 1.82) is 0 Å². The average molecular weight is 348 g/mol. The summed E-state index contributed by atoms with van der Waals surface area (Å²) in [5.41, 5.74) is 2.35. The van der Waals surface area contributed by atoms with Crippen LogP contribution in [0.4, 0.5) is 5.13 Å². The Morgan fingerprint density at radius 2 is 2.04 bits per heavy atom. The summed E-state index contributed by atoms with van der Waals surface area (Å²) in [6, 6.07) is 2.09. The van der Waals surface area contributed by atoms with Crippen molar-refractivity contribution in [3.05, 3.63) is 32.5 Å². The predicted octanol–water partition coefficient (Wildman–Crippen LogP) is 3.61.